The molecule has 0 saturated carbocycles. The predicted molar refractivity (Wildman–Crippen MR) is 128 cm³/mol. The molecule has 1 aliphatic heterocycles. The summed E-state index contributed by atoms with van der Waals surface area (Å²) in [5, 5.41) is 3.07. The Labute approximate surface area is 194 Å². The highest BCUT2D eigenvalue weighted by molar-refractivity contribution is 5.95. The molecular formula is C25H33N5O3. The van der Waals surface area contributed by atoms with Gasteiger partial charge in [-0.15, -0.1) is 0 Å². The number of imidazole rings is 1. The van der Waals surface area contributed by atoms with E-state index in [1.54, 1.807) is 22.7 Å². The van der Waals surface area contributed by atoms with Crippen molar-refractivity contribution in [3.8, 4) is 0 Å². The van der Waals surface area contributed by atoms with Crippen molar-refractivity contribution < 1.29 is 14.3 Å². The Morgan fingerprint density at radius 3 is 2.67 bits per heavy atom. The molecule has 1 amide bonds. The number of pyridine rings is 1. The number of nitrogen functional groups attached to an aromatic ring is 1. The van der Waals surface area contributed by atoms with Gasteiger partial charge in [-0.1, -0.05) is 18.6 Å². The average Bonchev–Trinajstić information content (AvgIpc) is 3.21. The number of amides is 1. The average molecular weight is 452 g/mol. The van der Waals surface area contributed by atoms with E-state index < -0.39 is 0 Å². The van der Waals surface area contributed by atoms with Gasteiger partial charge in [0.25, 0.3) is 5.91 Å². The van der Waals surface area contributed by atoms with E-state index in [2.05, 4.69) is 27.4 Å². The van der Waals surface area contributed by atoms with Gasteiger partial charge in [0.15, 0.2) is 0 Å². The van der Waals surface area contributed by atoms with Crippen LogP contribution in [0.4, 0.5) is 5.69 Å². The van der Waals surface area contributed by atoms with Gasteiger partial charge >= 0.3 is 5.97 Å². The van der Waals surface area contributed by atoms with Crippen LogP contribution in [0.15, 0.2) is 41.8 Å². The molecule has 2 aliphatic rings. The third-order valence-corrected chi connectivity index (χ3v) is 6.48. The number of hydrogen-bond acceptors (Lipinski definition) is 6. The van der Waals surface area contributed by atoms with Crippen molar-refractivity contribution >= 4 is 23.2 Å². The molecule has 1 fully saturated rings. The molecular weight excluding hydrogens is 418 g/mol. The van der Waals surface area contributed by atoms with Crippen LogP contribution >= 0.6 is 0 Å². The Bertz CT molecular complexity index is 1090. The van der Waals surface area contributed by atoms with Gasteiger partial charge in [-0.25, -0.2) is 4.98 Å². The Hall–Kier alpha value is -3.29. The van der Waals surface area contributed by atoms with Gasteiger partial charge in [-0.3, -0.25) is 14.0 Å². The quantitative estimate of drug-likeness (QED) is 0.628. The number of nitrogens with two attached hydrogens (primary N) is 1. The Balaban J connectivity index is 1.35. The minimum Gasteiger partial charge on any atom is -0.466 e. The van der Waals surface area contributed by atoms with Gasteiger partial charge in [0, 0.05) is 43.3 Å². The summed E-state index contributed by atoms with van der Waals surface area (Å²) in [6.07, 6.45) is 10.3. The van der Waals surface area contributed by atoms with E-state index in [0.717, 1.165) is 44.5 Å². The first-order valence-corrected chi connectivity index (χ1v) is 11.8. The van der Waals surface area contributed by atoms with Gasteiger partial charge in [-0.2, -0.15) is 0 Å². The van der Waals surface area contributed by atoms with Gasteiger partial charge in [-0.05, 0) is 51.2 Å². The molecule has 1 aliphatic carbocycles. The smallest absolute Gasteiger partial charge is 0.309 e. The second kappa shape index (κ2) is 10.1. The second-order valence-corrected chi connectivity index (χ2v) is 8.63. The molecule has 0 bridgehead atoms. The van der Waals surface area contributed by atoms with Crippen LogP contribution in [0.1, 0.15) is 55.7 Å². The Kier molecular flexibility index (Phi) is 7.01. The van der Waals surface area contributed by atoms with Crippen LogP contribution in [0.5, 0.6) is 0 Å². The number of allylic oxidation sites excluding steroid dienone is 3. The maximum absolute atomic E-state index is 13.0. The third kappa shape index (κ3) is 5.05. The van der Waals surface area contributed by atoms with E-state index in [9.17, 15) is 9.59 Å². The third-order valence-electron chi connectivity index (χ3n) is 6.48. The number of likely N-dealkylation sites (tertiary alicyclic amines) is 1. The summed E-state index contributed by atoms with van der Waals surface area (Å²) in [7, 11) is 0. The predicted octanol–water partition coefficient (Wildman–Crippen LogP) is 3.09. The van der Waals surface area contributed by atoms with Gasteiger partial charge < -0.3 is 20.7 Å². The number of carbonyl (C=O) groups excluding carboxylic acids is 2. The minimum absolute atomic E-state index is 0.0239. The van der Waals surface area contributed by atoms with Crippen LogP contribution in [0.3, 0.4) is 0 Å². The lowest BCUT2D eigenvalue weighted by Gasteiger charge is -2.35. The molecule has 2 aromatic rings. The molecule has 33 heavy (non-hydrogen) atoms. The molecule has 0 aromatic carbocycles. The van der Waals surface area contributed by atoms with Crippen LogP contribution in [-0.4, -0.2) is 52.4 Å². The molecule has 8 heteroatoms. The molecule has 8 nitrogen and oxygen atoms in total. The zero-order chi connectivity index (χ0) is 23.4. The number of hydrogen-bond donors (Lipinski definition) is 2. The number of carbonyl (C=O) groups is 2. The first-order valence-electron chi connectivity index (χ1n) is 11.8. The number of aromatic nitrogens is 2. The van der Waals surface area contributed by atoms with Gasteiger partial charge in [0.2, 0.25) is 0 Å². The van der Waals surface area contributed by atoms with Crippen molar-refractivity contribution in [3.63, 3.8) is 0 Å². The van der Waals surface area contributed by atoms with Crippen molar-refractivity contribution in [3.05, 3.63) is 53.1 Å². The number of fused-ring (bicyclic) bond motifs is 1. The van der Waals surface area contributed by atoms with Crippen LogP contribution < -0.4 is 11.1 Å². The van der Waals surface area contributed by atoms with E-state index in [4.69, 9.17) is 10.5 Å². The number of rotatable bonds is 7. The van der Waals surface area contributed by atoms with Crippen LogP contribution in [0.2, 0.25) is 0 Å². The number of nitrogens with zero attached hydrogens (tertiary/aromatic N) is 3. The summed E-state index contributed by atoms with van der Waals surface area (Å²) in [6, 6.07) is 3.55. The van der Waals surface area contributed by atoms with Gasteiger partial charge in [0.1, 0.15) is 11.3 Å². The number of aryl methyl sites for hydroxylation is 1. The zero-order valence-corrected chi connectivity index (χ0v) is 19.5. The first kappa shape index (κ1) is 22.9. The molecule has 4 rings (SSSR count). The fourth-order valence-corrected chi connectivity index (χ4v) is 4.62. The van der Waals surface area contributed by atoms with Crippen molar-refractivity contribution in [2.75, 3.05) is 32.0 Å². The lowest BCUT2D eigenvalue weighted by Crippen LogP contribution is -2.37. The van der Waals surface area contributed by atoms with Crippen LogP contribution in [0.25, 0.3) is 5.65 Å². The highest BCUT2D eigenvalue weighted by Crippen LogP contribution is 2.27. The molecule has 0 atom stereocenters. The number of ether oxygens (including phenoxy) is 1. The number of piperidine rings is 1. The minimum atomic E-state index is -0.124. The maximum atomic E-state index is 13.0. The number of anilines is 1. The molecule has 176 valence electrons. The first-order chi connectivity index (χ1) is 16.0. The van der Waals surface area contributed by atoms with E-state index in [1.165, 1.54) is 11.3 Å². The number of nitrogens with one attached hydrogen (secondary N) is 1. The molecule has 2 aromatic heterocycles. The standard InChI is InChI=1S/C25H33N5O3/c1-3-21-23(30-14-11-19(26)15-22(30)28-21)24(31)27-16-17-5-7-20(8-6-17)29-12-9-18(10-13-29)25(32)33-4-2/h5,7,11,14-15,18H,3-4,6,8-10,12-13,16,26H2,1-2H3,(H,27,31). The molecule has 0 radical (unpaired) electrons. The second-order valence-electron chi connectivity index (χ2n) is 8.63. The largest absolute Gasteiger partial charge is 0.466 e. The Morgan fingerprint density at radius 2 is 2.00 bits per heavy atom. The Morgan fingerprint density at radius 1 is 1.21 bits per heavy atom. The summed E-state index contributed by atoms with van der Waals surface area (Å²) >= 11 is 0. The summed E-state index contributed by atoms with van der Waals surface area (Å²) in [5.74, 6) is -0.162. The van der Waals surface area contributed by atoms with Crippen LogP contribution in [-0.2, 0) is 16.0 Å². The fraction of sp³-hybridized carbons (Fsp3) is 0.480. The lowest BCUT2D eigenvalue weighted by atomic mass is 9.94. The molecule has 3 heterocycles. The van der Waals surface area contributed by atoms with E-state index in [-0.39, 0.29) is 17.8 Å². The van der Waals surface area contributed by atoms with Crippen molar-refractivity contribution in [2.45, 2.75) is 46.0 Å². The lowest BCUT2D eigenvalue weighted by molar-refractivity contribution is -0.149. The normalized spacial score (nSPS) is 17.0. The fourth-order valence-electron chi connectivity index (χ4n) is 4.62. The zero-order valence-electron chi connectivity index (χ0n) is 19.5. The number of esters is 1. The summed E-state index contributed by atoms with van der Waals surface area (Å²) in [6.45, 7) is 6.57. The monoisotopic (exact) mass is 451 g/mol. The van der Waals surface area contributed by atoms with E-state index >= 15 is 0 Å². The summed E-state index contributed by atoms with van der Waals surface area (Å²) < 4.78 is 6.97. The van der Waals surface area contributed by atoms with Gasteiger partial charge in [0.05, 0.1) is 18.2 Å². The summed E-state index contributed by atoms with van der Waals surface area (Å²) in [5.41, 5.74) is 11.0. The molecule has 0 unspecified atom stereocenters. The summed E-state index contributed by atoms with van der Waals surface area (Å²) in [4.78, 5) is 31.9. The van der Waals surface area contributed by atoms with Crippen molar-refractivity contribution in [1.29, 1.82) is 0 Å². The van der Waals surface area contributed by atoms with Crippen LogP contribution in [0, 0.1) is 5.92 Å². The highest BCUT2D eigenvalue weighted by atomic mass is 16.5. The topological polar surface area (TPSA) is 102 Å². The molecule has 0 spiro atoms. The molecule has 1 saturated heterocycles. The molecule has 3 N–H and O–H groups in total. The maximum Gasteiger partial charge on any atom is 0.309 e. The SMILES string of the molecule is CCOC(=O)C1CCN(C2=CC=C(CNC(=O)c3c(CC)nc4cc(N)ccn34)CC2)CC1. The van der Waals surface area contributed by atoms with Crippen molar-refractivity contribution in [2.24, 2.45) is 5.92 Å². The van der Waals surface area contributed by atoms with E-state index in [1.807, 2.05) is 13.8 Å². The van der Waals surface area contributed by atoms with Crippen molar-refractivity contribution in [1.82, 2.24) is 19.6 Å². The van der Waals surface area contributed by atoms with E-state index in [0.29, 0.717) is 36.6 Å². The highest BCUT2D eigenvalue weighted by Gasteiger charge is 2.27.